The second kappa shape index (κ2) is 7.72. The summed E-state index contributed by atoms with van der Waals surface area (Å²) in [4.78, 5) is 6.50. The van der Waals surface area contributed by atoms with Crippen molar-refractivity contribution < 1.29 is 4.74 Å². The normalized spacial score (nSPS) is 11.5. The maximum atomic E-state index is 6.20. The minimum atomic E-state index is 0.470. The number of hydrogen-bond donors (Lipinski definition) is 2. The summed E-state index contributed by atoms with van der Waals surface area (Å²) in [6.45, 7) is 7.42. The molecule has 0 amide bonds. The average molecular weight is 354 g/mol. The van der Waals surface area contributed by atoms with Gasteiger partial charge in [-0.05, 0) is 42.8 Å². The van der Waals surface area contributed by atoms with Crippen LogP contribution in [0, 0.1) is 6.92 Å². The van der Waals surface area contributed by atoms with Crippen LogP contribution in [-0.4, -0.2) is 46.3 Å². The van der Waals surface area contributed by atoms with Gasteiger partial charge in [-0.25, -0.2) is 9.50 Å². The van der Waals surface area contributed by atoms with Gasteiger partial charge in [0.2, 0.25) is 0 Å². The Kier molecular flexibility index (Phi) is 5.39. The van der Waals surface area contributed by atoms with Crippen molar-refractivity contribution in [3.63, 3.8) is 0 Å². The van der Waals surface area contributed by atoms with Gasteiger partial charge in [0.15, 0.2) is 5.82 Å². The van der Waals surface area contributed by atoms with Crippen LogP contribution in [0.15, 0.2) is 30.6 Å². The highest BCUT2D eigenvalue weighted by Gasteiger charge is 2.18. The van der Waals surface area contributed by atoms with Crippen molar-refractivity contribution in [2.45, 2.75) is 20.4 Å². The number of nitrogens with two attached hydrogens (primary N) is 2. The lowest BCUT2D eigenvalue weighted by atomic mass is 10.0. The van der Waals surface area contributed by atoms with Crippen LogP contribution >= 0.6 is 0 Å². The molecule has 2 heterocycles. The molecular weight excluding hydrogens is 328 g/mol. The van der Waals surface area contributed by atoms with Crippen LogP contribution in [-0.2, 0) is 11.3 Å². The topological polar surface area (TPSA) is 94.7 Å². The number of ether oxygens (including phenoxy) is 1. The molecule has 2 aromatic heterocycles. The molecule has 26 heavy (non-hydrogen) atoms. The van der Waals surface area contributed by atoms with Gasteiger partial charge in [-0.1, -0.05) is 13.0 Å². The lowest BCUT2D eigenvalue weighted by molar-refractivity contribution is 0.146. The Hall–Kier alpha value is -2.64. The number of nitrogen functional groups attached to an aromatic ring is 2. The van der Waals surface area contributed by atoms with Gasteiger partial charge >= 0.3 is 0 Å². The molecule has 0 atom stereocenters. The van der Waals surface area contributed by atoms with E-state index in [1.54, 1.807) is 7.11 Å². The van der Waals surface area contributed by atoms with Crippen molar-refractivity contribution in [2.75, 3.05) is 38.3 Å². The number of hydrogen-bond acceptors (Lipinski definition) is 6. The predicted octanol–water partition coefficient (Wildman–Crippen LogP) is 2.34. The molecule has 0 bridgehead atoms. The average Bonchev–Trinajstić information content (AvgIpc) is 2.98. The van der Waals surface area contributed by atoms with Gasteiger partial charge in [-0.3, -0.25) is 4.90 Å². The standard InChI is InChI=1S/C19H26N6O/c1-4-24(7-8-26-3)11-15-10-17(16-6-5-14(20)9-13(16)2)18-19(21)22-12-23-25(15)18/h5-6,9-10,12H,4,7-8,11,20H2,1-3H3,(H2,21,22,23). The van der Waals surface area contributed by atoms with Gasteiger partial charge in [0.1, 0.15) is 11.8 Å². The number of anilines is 2. The number of nitrogens with zero attached hydrogens (tertiary/aromatic N) is 4. The number of benzene rings is 1. The van der Waals surface area contributed by atoms with Crippen molar-refractivity contribution in [3.8, 4) is 11.1 Å². The lowest BCUT2D eigenvalue weighted by Gasteiger charge is -2.19. The van der Waals surface area contributed by atoms with Crippen LogP contribution in [0.5, 0.6) is 0 Å². The smallest absolute Gasteiger partial charge is 0.151 e. The third-order valence-electron chi connectivity index (χ3n) is 4.64. The van der Waals surface area contributed by atoms with Crippen LogP contribution in [0.25, 0.3) is 16.6 Å². The van der Waals surface area contributed by atoms with Crippen LogP contribution in [0.3, 0.4) is 0 Å². The lowest BCUT2D eigenvalue weighted by Crippen LogP contribution is -2.27. The number of methoxy groups -OCH3 is 1. The van der Waals surface area contributed by atoms with Gasteiger partial charge in [-0.2, -0.15) is 5.10 Å². The molecule has 0 unspecified atom stereocenters. The highest BCUT2D eigenvalue weighted by Crippen LogP contribution is 2.33. The zero-order valence-corrected chi connectivity index (χ0v) is 15.6. The summed E-state index contributed by atoms with van der Waals surface area (Å²) in [6.07, 6.45) is 1.50. The molecular formula is C19H26N6O. The van der Waals surface area contributed by atoms with Gasteiger partial charge in [0, 0.05) is 31.5 Å². The first-order valence-electron chi connectivity index (χ1n) is 8.74. The summed E-state index contributed by atoms with van der Waals surface area (Å²) in [5.74, 6) is 0.470. The molecule has 3 aromatic rings. The second-order valence-electron chi connectivity index (χ2n) is 6.39. The van der Waals surface area contributed by atoms with Crippen molar-refractivity contribution >= 4 is 17.0 Å². The maximum Gasteiger partial charge on any atom is 0.151 e. The van der Waals surface area contributed by atoms with Crippen molar-refractivity contribution in [1.29, 1.82) is 0 Å². The number of aromatic nitrogens is 3. The van der Waals surface area contributed by atoms with Gasteiger partial charge in [0.05, 0.1) is 12.3 Å². The molecule has 0 radical (unpaired) electrons. The second-order valence-corrected chi connectivity index (χ2v) is 6.39. The van der Waals surface area contributed by atoms with E-state index in [-0.39, 0.29) is 0 Å². The summed E-state index contributed by atoms with van der Waals surface area (Å²) in [6, 6.07) is 8.05. The van der Waals surface area contributed by atoms with Crippen LogP contribution < -0.4 is 11.5 Å². The predicted molar refractivity (Wildman–Crippen MR) is 105 cm³/mol. The Balaban J connectivity index is 2.10. The summed E-state index contributed by atoms with van der Waals surface area (Å²) in [7, 11) is 1.72. The molecule has 1 aromatic carbocycles. The Morgan fingerprint density at radius 1 is 1.19 bits per heavy atom. The van der Waals surface area contributed by atoms with Crippen LogP contribution in [0.4, 0.5) is 11.5 Å². The van der Waals surface area contributed by atoms with E-state index in [9.17, 15) is 0 Å². The van der Waals surface area contributed by atoms with Gasteiger partial charge < -0.3 is 16.2 Å². The Bertz CT molecular complexity index is 904. The largest absolute Gasteiger partial charge is 0.399 e. The zero-order chi connectivity index (χ0) is 18.7. The first-order chi connectivity index (χ1) is 12.5. The molecule has 0 spiro atoms. The zero-order valence-electron chi connectivity index (χ0n) is 15.6. The molecule has 0 saturated carbocycles. The van der Waals surface area contributed by atoms with Crippen molar-refractivity contribution in [1.82, 2.24) is 19.5 Å². The van der Waals surface area contributed by atoms with Gasteiger partial charge in [0.25, 0.3) is 0 Å². The summed E-state index contributed by atoms with van der Waals surface area (Å²) < 4.78 is 7.11. The summed E-state index contributed by atoms with van der Waals surface area (Å²) in [5, 5.41) is 4.45. The van der Waals surface area contributed by atoms with Crippen LogP contribution in [0.2, 0.25) is 0 Å². The molecule has 0 fully saturated rings. The fourth-order valence-electron chi connectivity index (χ4n) is 3.24. The summed E-state index contributed by atoms with van der Waals surface area (Å²) >= 11 is 0. The number of fused-ring (bicyclic) bond motifs is 1. The summed E-state index contributed by atoms with van der Waals surface area (Å²) in [5.41, 5.74) is 18.0. The van der Waals surface area contributed by atoms with E-state index in [2.05, 4.69) is 28.0 Å². The molecule has 0 aliphatic rings. The Labute approximate surface area is 153 Å². The fourth-order valence-corrected chi connectivity index (χ4v) is 3.24. The Morgan fingerprint density at radius 3 is 2.69 bits per heavy atom. The van der Waals surface area contributed by atoms with Crippen molar-refractivity contribution in [3.05, 3.63) is 41.9 Å². The van der Waals surface area contributed by atoms with Crippen LogP contribution in [0.1, 0.15) is 18.2 Å². The van der Waals surface area contributed by atoms with E-state index in [0.29, 0.717) is 12.4 Å². The minimum absolute atomic E-state index is 0.470. The van der Waals surface area contributed by atoms with Gasteiger partial charge in [-0.15, -0.1) is 0 Å². The first kappa shape index (κ1) is 18.2. The Morgan fingerprint density at radius 2 is 2.00 bits per heavy atom. The van der Waals surface area contributed by atoms with E-state index >= 15 is 0 Å². The molecule has 0 saturated heterocycles. The number of rotatable bonds is 7. The highest BCUT2D eigenvalue weighted by molar-refractivity contribution is 5.89. The third kappa shape index (κ3) is 3.49. The minimum Gasteiger partial charge on any atom is -0.399 e. The maximum absolute atomic E-state index is 6.20. The third-order valence-corrected chi connectivity index (χ3v) is 4.64. The van der Waals surface area contributed by atoms with Crippen molar-refractivity contribution in [2.24, 2.45) is 0 Å². The molecule has 7 nitrogen and oxygen atoms in total. The van der Waals surface area contributed by atoms with E-state index in [0.717, 1.165) is 53.2 Å². The molecule has 3 rings (SSSR count). The number of aryl methyl sites for hydroxylation is 1. The molecule has 138 valence electrons. The SMILES string of the molecule is CCN(CCOC)Cc1cc(-c2ccc(N)cc2C)c2c(N)ncnn12. The quantitative estimate of drug-likeness (QED) is 0.633. The molecule has 7 heteroatoms. The molecule has 0 aliphatic heterocycles. The van der Waals surface area contributed by atoms with E-state index in [4.69, 9.17) is 16.2 Å². The molecule has 0 aliphatic carbocycles. The fraction of sp³-hybridized carbons (Fsp3) is 0.368. The van der Waals surface area contributed by atoms with E-state index in [1.807, 2.05) is 29.6 Å². The molecule has 4 N–H and O–H groups in total. The number of likely N-dealkylation sites (N-methyl/N-ethyl adjacent to an activating group) is 1. The first-order valence-corrected chi connectivity index (χ1v) is 8.74. The van der Waals surface area contributed by atoms with E-state index < -0.39 is 0 Å². The highest BCUT2D eigenvalue weighted by atomic mass is 16.5. The van der Waals surface area contributed by atoms with E-state index in [1.165, 1.54) is 6.33 Å². The monoisotopic (exact) mass is 354 g/mol.